The summed E-state index contributed by atoms with van der Waals surface area (Å²) in [5.74, 6) is 1.99. The number of hydrogen-bond acceptors (Lipinski definition) is 8. The molecule has 3 aromatic rings. The molecule has 0 unspecified atom stereocenters. The molecular formula is C19H20N4O4S. The van der Waals surface area contributed by atoms with Crippen LogP contribution in [-0.4, -0.2) is 60.0 Å². The lowest BCUT2D eigenvalue weighted by atomic mass is 10.2. The van der Waals surface area contributed by atoms with E-state index in [0.717, 1.165) is 24.5 Å². The average molecular weight is 400 g/mol. The first-order valence-electron chi connectivity index (χ1n) is 8.90. The summed E-state index contributed by atoms with van der Waals surface area (Å²) in [6.07, 6.45) is 1.54. The number of aromatic nitrogens is 2. The smallest absolute Gasteiger partial charge is 0.284 e. The fourth-order valence-electron chi connectivity index (χ4n) is 3.07. The highest BCUT2D eigenvalue weighted by molar-refractivity contribution is 7.99. The molecule has 0 saturated carbocycles. The molecule has 1 fully saturated rings. The van der Waals surface area contributed by atoms with Crippen LogP contribution in [0.5, 0.6) is 5.75 Å². The van der Waals surface area contributed by atoms with Gasteiger partial charge in [0.25, 0.3) is 11.1 Å². The van der Waals surface area contributed by atoms with Crippen LogP contribution in [0.1, 0.15) is 0 Å². The summed E-state index contributed by atoms with van der Waals surface area (Å²) < 4.78 is 16.2. The molecule has 2 aromatic heterocycles. The van der Waals surface area contributed by atoms with Gasteiger partial charge in [0.2, 0.25) is 5.91 Å². The summed E-state index contributed by atoms with van der Waals surface area (Å²) >= 11 is 1.24. The number of hydrogen-bond donors (Lipinski definition) is 0. The first-order chi connectivity index (χ1) is 13.7. The maximum atomic E-state index is 12.5. The van der Waals surface area contributed by atoms with E-state index in [4.69, 9.17) is 13.6 Å². The van der Waals surface area contributed by atoms with Crippen LogP contribution in [-0.2, 0) is 4.79 Å². The maximum Gasteiger partial charge on any atom is 0.284 e. The minimum Gasteiger partial charge on any atom is -0.495 e. The minimum atomic E-state index is 0.0578. The van der Waals surface area contributed by atoms with Gasteiger partial charge < -0.3 is 23.4 Å². The lowest BCUT2D eigenvalue weighted by molar-refractivity contribution is -0.128. The van der Waals surface area contributed by atoms with Crippen molar-refractivity contribution in [3.8, 4) is 17.4 Å². The first-order valence-corrected chi connectivity index (χ1v) is 9.89. The number of ether oxygens (including phenoxy) is 1. The Morgan fingerprint density at radius 1 is 1.14 bits per heavy atom. The predicted molar refractivity (Wildman–Crippen MR) is 105 cm³/mol. The summed E-state index contributed by atoms with van der Waals surface area (Å²) in [6, 6.07) is 11.4. The number of furan rings is 1. The summed E-state index contributed by atoms with van der Waals surface area (Å²) in [7, 11) is 1.67. The molecule has 3 heterocycles. The van der Waals surface area contributed by atoms with Crippen LogP contribution < -0.4 is 9.64 Å². The fourth-order valence-corrected chi connectivity index (χ4v) is 3.74. The van der Waals surface area contributed by atoms with Crippen molar-refractivity contribution >= 4 is 23.4 Å². The Morgan fingerprint density at radius 2 is 1.96 bits per heavy atom. The third-order valence-electron chi connectivity index (χ3n) is 4.52. The standard InChI is InChI=1S/C19H20N4O4S/c1-25-15-6-3-2-5-14(15)22-8-10-23(11-9-22)17(24)13-28-19-21-20-18(27-19)16-7-4-12-26-16/h2-7,12H,8-11,13H2,1H3. The Kier molecular flexibility index (Phi) is 5.52. The molecule has 8 nitrogen and oxygen atoms in total. The van der Waals surface area contributed by atoms with E-state index in [-0.39, 0.29) is 11.7 Å². The zero-order chi connectivity index (χ0) is 19.3. The second-order valence-electron chi connectivity index (χ2n) is 6.18. The largest absolute Gasteiger partial charge is 0.495 e. The van der Waals surface area contributed by atoms with Gasteiger partial charge in [-0.15, -0.1) is 10.2 Å². The van der Waals surface area contributed by atoms with E-state index >= 15 is 0 Å². The Labute approximate surface area is 166 Å². The highest BCUT2D eigenvalue weighted by Gasteiger charge is 2.23. The van der Waals surface area contributed by atoms with E-state index < -0.39 is 0 Å². The van der Waals surface area contributed by atoms with E-state index in [2.05, 4.69) is 15.1 Å². The molecule has 9 heteroatoms. The van der Waals surface area contributed by atoms with E-state index in [1.807, 2.05) is 29.2 Å². The Morgan fingerprint density at radius 3 is 2.71 bits per heavy atom. The average Bonchev–Trinajstić information content (AvgIpc) is 3.44. The molecule has 0 aliphatic carbocycles. The van der Waals surface area contributed by atoms with Crippen molar-refractivity contribution < 1.29 is 18.4 Å². The van der Waals surface area contributed by atoms with E-state index in [9.17, 15) is 4.79 Å². The van der Waals surface area contributed by atoms with Gasteiger partial charge in [-0.1, -0.05) is 23.9 Å². The van der Waals surface area contributed by atoms with Crippen molar-refractivity contribution in [3.05, 3.63) is 42.7 Å². The van der Waals surface area contributed by atoms with Crippen LogP contribution in [0, 0.1) is 0 Å². The van der Waals surface area contributed by atoms with Crippen molar-refractivity contribution in [2.24, 2.45) is 0 Å². The number of para-hydroxylation sites is 2. The van der Waals surface area contributed by atoms with Crippen LogP contribution >= 0.6 is 11.8 Å². The van der Waals surface area contributed by atoms with Crippen LogP contribution in [0.4, 0.5) is 5.69 Å². The quantitative estimate of drug-likeness (QED) is 0.584. The summed E-state index contributed by atoms with van der Waals surface area (Å²) in [4.78, 5) is 16.6. The number of rotatable bonds is 6. The van der Waals surface area contributed by atoms with E-state index in [1.165, 1.54) is 11.8 Å². The molecular weight excluding hydrogens is 380 g/mol. The molecule has 146 valence electrons. The molecule has 4 rings (SSSR count). The number of nitrogens with zero attached hydrogens (tertiary/aromatic N) is 4. The number of methoxy groups -OCH3 is 1. The Balaban J connectivity index is 1.29. The second-order valence-corrected chi connectivity index (χ2v) is 7.11. The number of anilines is 1. The van der Waals surface area contributed by atoms with Gasteiger partial charge in [0, 0.05) is 26.2 Å². The van der Waals surface area contributed by atoms with Gasteiger partial charge in [0.1, 0.15) is 5.75 Å². The zero-order valence-corrected chi connectivity index (χ0v) is 16.2. The van der Waals surface area contributed by atoms with E-state index in [1.54, 1.807) is 25.5 Å². The summed E-state index contributed by atoms with van der Waals surface area (Å²) in [5, 5.41) is 8.24. The van der Waals surface area contributed by atoms with Crippen molar-refractivity contribution in [3.63, 3.8) is 0 Å². The Hall–Kier alpha value is -2.94. The lowest BCUT2D eigenvalue weighted by Gasteiger charge is -2.36. The minimum absolute atomic E-state index is 0.0578. The molecule has 0 bridgehead atoms. The lowest BCUT2D eigenvalue weighted by Crippen LogP contribution is -2.49. The third kappa shape index (κ3) is 3.99. The van der Waals surface area contributed by atoms with E-state index in [0.29, 0.717) is 30.0 Å². The fraction of sp³-hybridized carbons (Fsp3) is 0.316. The molecule has 0 radical (unpaired) electrons. The highest BCUT2D eigenvalue weighted by Crippen LogP contribution is 2.28. The van der Waals surface area contributed by atoms with Gasteiger partial charge in [-0.25, -0.2) is 0 Å². The summed E-state index contributed by atoms with van der Waals surface area (Å²) in [6.45, 7) is 2.86. The molecule has 1 aliphatic heterocycles. The number of carbonyl (C=O) groups excluding carboxylic acids is 1. The van der Waals surface area contributed by atoms with Crippen molar-refractivity contribution in [2.45, 2.75) is 5.22 Å². The SMILES string of the molecule is COc1ccccc1N1CCN(C(=O)CSc2nnc(-c3ccco3)o2)CC1. The van der Waals surface area contributed by atoms with Crippen molar-refractivity contribution in [2.75, 3.05) is 43.9 Å². The monoisotopic (exact) mass is 400 g/mol. The van der Waals surface area contributed by atoms with Crippen LogP contribution in [0.3, 0.4) is 0 Å². The van der Waals surface area contributed by atoms with Gasteiger partial charge in [-0.3, -0.25) is 4.79 Å². The normalized spacial score (nSPS) is 14.3. The molecule has 28 heavy (non-hydrogen) atoms. The molecule has 1 amide bonds. The number of thioether (sulfide) groups is 1. The van der Waals surface area contributed by atoms with Crippen LogP contribution in [0.15, 0.2) is 56.7 Å². The number of piperazine rings is 1. The predicted octanol–water partition coefficient (Wildman–Crippen LogP) is 2.78. The Bertz CT molecular complexity index is 920. The van der Waals surface area contributed by atoms with Crippen molar-refractivity contribution in [1.82, 2.24) is 15.1 Å². The number of amides is 1. The second kappa shape index (κ2) is 8.39. The van der Waals surface area contributed by atoms with Gasteiger partial charge in [-0.05, 0) is 24.3 Å². The topological polar surface area (TPSA) is 84.8 Å². The molecule has 0 atom stereocenters. The molecule has 1 aromatic carbocycles. The maximum absolute atomic E-state index is 12.5. The molecule has 0 spiro atoms. The van der Waals surface area contributed by atoms with Gasteiger partial charge in [0.15, 0.2) is 5.76 Å². The summed E-state index contributed by atoms with van der Waals surface area (Å²) in [5.41, 5.74) is 1.06. The molecule has 0 N–H and O–H groups in total. The van der Waals surface area contributed by atoms with Crippen LogP contribution in [0.2, 0.25) is 0 Å². The highest BCUT2D eigenvalue weighted by atomic mass is 32.2. The third-order valence-corrected chi connectivity index (χ3v) is 5.32. The molecule has 1 saturated heterocycles. The number of benzene rings is 1. The first kappa shape index (κ1) is 18.4. The molecule has 1 aliphatic rings. The van der Waals surface area contributed by atoms with Gasteiger partial charge in [0.05, 0.1) is 24.8 Å². The zero-order valence-electron chi connectivity index (χ0n) is 15.4. The van der Waals surface area contributed by atoms with Crippen molar-refractivity contribution in [1.29, 1.82) is 0 Å². The van der Waals surface area contributed by atoms with Gasteiger partial charge >= 0.3 is 0 Å². The van der Waals surface area contributed by atoms with Crippen LogP contribution in [0.25, 0.3) is 11.7 Å². The number of carbonyl (C=O) groups is 1. The van der Waals surface area contributed by atoms with Gasteiger partial charge in [-0.2, -0.15) is 0 Å².